The average molecular weight is 411 g/mol. The van der Waals surface area contributed by atoms with Gasteiger partial charge in [0.05, 0.1) is 12.1 Å². The van der Waals surface area contributed by atoms with E-state index in [1.807, 2.05) is 28.0 Å². The fraction of sp³-hybridized carbons (Fsp3) is 0.421. The minimum atomic E-state index is -0.0274. The molecule has 0 radical (unpaired) electrons. The van der Waals surface area contributed by atoms with Crippen molar-refractivity contribution in [3.63, 3.8) is 0 Å². The molecular formula is C19H22N8OS. The Morgan fingerprint density at radius 3 is 3.00 bits per heavy atom. The Labute approximate surface area is 171 Å². The van der Waals surface area contributed by atoms with Crippen LogP contribution in [0.3, 0.4) is 0 Å². The Kier molecular flexibility index (Phi) is 4.51. The Morgan fingerprint density at radius 2 is 2.17 bits per heavy atom. The van der Waals surface area contributed by atoms with Crippen LogP contribution in [0.2, 0.25) is 0 Å². The Balaban J connectivity index is 1.41. The number of nitrogens with zero attached hydrogens (tertiary/aromatic N) is 8. The van der Waals surface area contributed by atoms with Gasteiger partial charge in [0.1, 0.15) is 4.70 Å². The van der Waals surface area contributed by atoms with Gasteiger partial charge in [-0.1, -0.05) is 0 Å². The van der Waals surface area contributed by atoms with Crippen molar-refractivity contribution in [3.8, 4) is 0 Å². The third kappa shape index (κ3) is 3.08. The van der Waals surface area contributed by atoms with Gasteiger partial charge in [-0.3, -0.25) is 18.7 Å². The van der Waals surface area contributed by atoms with Gasteiger partial charge in [0.2, 0.25) is 5.78 Å². The van der Waals surface area contributed by atoms with E-state index in [1.165, 1.54) is 11.3 Å². The summed E-state index contributed by atoms with van der Waals surface area (Å²) in [7, 11) is 3.84. The topological polar surface area (TPSA) is 84.5 Å². The van der Waals surface area contributed by atoms with E-state index in [9.17, 15) is 4.79 Å². The van der Waals surface area contributed by atoms with E-state index in [0.717, 1.165) is 47.8 Å². The number of aromatic nitrogens is 6. The molecule has 1 fully saturated rings. The first-order chi connectivity index (χ1) is 14.1. The van der Waals surface area contributed by atoms with Crippen LogP contribution < -0.4 is 10.5 Å². The SMILES string of the molecule is CN(Cc1nnc2n(C)c(=O)c3sccc3n12)CC1CCCN1c1cccnn1. The number of likely N-dealkylation sites (N-methyl/N-ethyl adjacent to an activating group) is 1. The van der Waals surface area contributed by atoms with E-state index < -0.39 is 0 Å². The molecule has 0 amide bonds. The normalized spacial score (nSPS) is 17.2. The largest absolute Gasteiger partial charge is 0.351 e. The van der Waals surface area contributed by atoms with Crippen molar-refractivity contribution in [3.05, 3.63) is 46.0 Å². The van der Waals surface area contributed by atoms with Gasteiger partial charge in [-0.25, -0.2) is 0 Å². The molecule has 10 heteroatoms. The summed E-state index contributed by atoms with van der Waals surface area (Å²) in [6.45, 7) is 2.54. The van der Waals surface area contributed by atoms with Crippen LogP contribution in [-0.4, -0.2) is 60.4 Å². The first-order valence-electron chi connectivity index (χ1n) is 9.66. The van der Waals surface area contributed by atoms with Gasteiger partial charge in [-0.2, -0.15) is 5.10 Å². The molecule has 0 saturated carbocycles. The molecule has 0 spiro atoms. The molecule has 4 aromatic rings. The molecule has 29 heavy (non-hydrogen) atoms. The maximum Gasteiger partial charge on any atom is 0.272 e. The van der Waals surface area contributed by atoms with Gasteiger partial charge >= 0.3 is 0 Å². The van der Waals surface area contributed by atoms with Crippen molar-refractivity contribution in [2.45, 2.75) is 25.4 Å². The van der Waals surface area contributed by atoms with Gasteiger partial charge in [-0.05, 0) is 43.5 Å². The fourth-order valence-corrected chi connectivity index (χ4v) is 5.05. The number of fused-ring (bicyclic) bond motifs is 3. The minimum Gasteiger partial charge on any atom is -0.351 e. The van der Waals surface area contributed by atoms with Gasteiger partial charge in [0.25, 0.3) is 5.56 Å². The average Bonchev–Trinajstić information content (AvgIpc) is 3.46. The molecule has 1 aliphatic heterocycles. The van der Waals surface area contributed by atoms with Gasteiger partial charge in [0.15, 0.2) is 11.6 Å². The summed E-state index contributed by atoms with van der Waals surface area (Å²) in [4.78, 5) is 17.1. The number of anilines is 1. The predicted octanol–water partition coefficient (Wildman–Crippen LogP) is 1.53. The molecule has 1 unspecified atom stereocenters. The lowest BCUT2D eigenvalue weighted by atomic mass is 10.2. The van der Waals surface area contributed by atoms with E-state index in [1.54, 1.807) is 17.8 Å². The summed E-state index contributed by atoms with van der Waals surface area (Å²) in [5.74, 6) is 2.35. The van der Waals surface area contributed by atoms with Crippen molar-refractivity contribution >= 4 is 33.1 Å². The van der Waals surface area contributed by atoms with E-state index in [-0.39, 0.29) is 5.56 Å². The van der Waals surface area contributed by atoms with Crippen LogP contribution in [0.25, 0.3) is 16.0 Å². The summed E-state index contributed by atoms with van der Waals surface area (Å²) in [6.07, 6.45) is 3.99. The number of hydrogen-bond donors (Lipinski definition) is 0. The lowest BCUT2D eigenvalue weighted by molar-refractivity contribution is 0.295. The van der Waals surface area contributed by atoms with Crippen LogP contribution in [0.4, 0.5) is 5.82 Å². The summed E-state index contributed by atoms with van der Waals surface area (Å²) >= 11 is 1.46. The number of hydrogen-bond acceptors (Lipinski definition) is 8. The third-order valence-corrected chi connectivity index (χ3v) is 6.45. The molecule has 0 bridgehead atoms. The van der Waals surface area contributed by atoms with Gasteiger partial charge in [0, 0.05) is 32.4 Å². The fourth-order valence-electron chi connectivity index (χ4n) is 4.19. The first-order valence-corrected chi connectivity index (χ1v) is 10.5. The van der Waals surface area contributed by atoms with Crippen molar-refractivity contribution in [1.29, 1.82) is 0 Å². The van der Waals surface area contributed by atoms with Gasteiger partial charge < -0.3 is 4.90 Å². The van der Waals surface area contributed by atoms with Crippen LogP contribution in [0.1, 0.15) is 18.7 Å². The zero-order valence-electron chi connectivity index (χ0n) is 16.4. The predicted molar refractivity (Wildman–Crippen MR) is 112 cm³/mol. The second-order valence-corrected chi connectivity index (χ2v) is 8.43. The van der Waals surface area contributed by atoms with Crippen molar-refractivity contribution in [2.24, 2.45) is 7.05 Å². The molecule has 0 N–H and O–H groups in total. The molecule has 150 valence electrons. The highest BCUT2D eigenvalue weighted by Crippen LogP contribution is 2.24. The summed E-state index contributed by atoms with van der Waals surface area (Å²) in [6, 6.07) is 6.31. The molecule has 4 aromatic heterocycles. The van der Waals surface area contributed by atoms with Crippen LogP contribution in [0, 0.1) is 0 Å². The number of aryl methyl sites for hydroxylation is 1. The molecule has 9 nitrogen and oxygen atoms in total. The Bertz CT molecular complexity index is 1210. The summed E-state index contributed by atoms with van der Waals surface area (Å²) < 4.78 is 4.30. The molecule has 5 heterocycles. The molecule has 1 atom stereocenters. The standard InChI is InChI=1S/C19H22N8OS/c1-24(11-13-5-4-9-26(13)15-6-3-8-20-21-15)12-16-22-23-19-25(2)18(28)17-14(27(16)19)7-10-29-17/h3,6-8,10,13H,4-5,9,11-12H2,1-2H3. The quantitative estimate of drug-likeness (QED) is 0.493. The highest BCUT2D eigenvalue weighted by molar-refractivity contribution is 7.17. The van der Waals surface area contributed by atoms with E-state index in [0.29, 0.717) is 18.4 Å². The molecule has 1 aliphatic rings. The van der Waals surface area contributed by atoms with E-state index >= 15 is 0 Å². The van der Waals surface area contributed by atoms with Crippen LogP contribution in [-0.2, 0) is 13.6 Å². The zero-order chi connectivity index (χ0) is 20.0. The molecular weight excluding hydrogens is 388 g/mol. The zero-order valence-corrected chi connectivity index (χ0v) is 17.2. The van der Waals surface area contributed by atoms with Gasteiger partial charge in [-0.15, -0.1) is 26.6 Å². The summed E-state index contributed by atoms with van der Waals surface area (Å²) in [5.41, 5.74) is 0.851. The third-order valence-electron chi connectivity index (χ3n) is 5.56. The molecule has 5 rings (SSSR count). The van der Waals surface area contributed by atoms with Crippen LogP contribution in [0.15, 0.2) is 34.6 Å². The maximum atomic E-state index is 12.5. The Hall–Kier alpha value is -2.85. The van der Waals surface area contributed by atoms with Crippen molar-refractivity contribution in [2.75, 3.05) is 25.0 Å². The molecule has 0 aliphatic carbocycles. The minimum absolute atomic E-state index is 0.0274. The van der Waals surface area contributed by atoms with Crippen molar-refractivity contribution in [1.82, 2.24) is 34.3 Å². The second kappa shape index (κ2) is 7.20. The molecule has 0 aromatic carbocycles. The summed E-state index contributed by atoms with van der Waals surface area (Å²) in [5, 5.41) is 18.9. The van der Waals surface area contributed by atoms with E-state index in [4.69, 9.17) is 0 Å². The maximum absolute atomic E-state index is 12.5. The lowest BCUT2D eigenvalue weighted by Crippen LogP contribution is -2.39. The van der Waals surface area contributed by atoms with Crippen molar-refractivity contribution < 1.29 is 0 Å². The van der Waals surface area contributed by atoms with Crippen LogP contribution in [0.5, 0.6) is 0 Å². The van der Waals surface area contributed by atoms with Crippen LogP contribution >= 0.6 is 11.3 Å². The highest BCUT2D eigenvalue weighted by Gasteiger charge is 2.27. The monoisotopic (exact) mass is 410 g/mol. The number of rotatable bonds is 5. The van der Waals surface area contributed by atoms with E-state index in [2.05, 4.69) is 37.2 Å². The lowest BCUT2D eigenvalue weighted by Gasteiger charge is -2.28. The second-order valence-electron chi connectivity index (χ2n) is 7.52. The first kappa shape index (κ1) is 18.2. The smallest absolute Gasteiger partial charge is 0.272 e. The Morgan fingerprint density at radius 1 is 1.28 bits per heavy atom. The number of thiophene rings is 1. The highest BCUT2D eigenvalue weighted by atomic mass is 32.1. The molecule has 1 saturated heterocycles.